The monoisotopic (exact) mass is 329 g/mol. The molecule has 0 radical (unpaired) electrons. The van der Waals surface area contributed by atoms with Crippen molar-refractivity contribution in [3.63, 3.8) is 0 Å². The number of carbonyl (C=O) groups is 1. The minimum Gasteiger partial charge on any atom is -0.328 e. The number of amides is 1. The van der Waals surface area contributed by atoms with Crippen molar-refractivity contribution in [2.75, 3.05) is 6.54 Å². The Labute approximate surface area is 140 Å². The van der Waals surface area contributed by atoms with E-state index in [0.717, 1.165) is 29.9 Å². The van der Waals surface area contributed by atoms with Gasteiger partial charge >= 0.3 is 0 Å². The van der Waals surface area contributed by atoms with E-state index in [-0.39, 0.29) is 23.1 Å². The van der Waals surface area contributed by atoms with Crippen LogP contribution < -0.4 is 5.56 Å². The molecule has 128 valence electrons. The topological polar surface area (TPSA) is 83.9 Å². The van der Waals surface area contributed by atoms with E-state index in [1.807, 2.05) is 33.8 Å². The summed E-state index contributed by atoms with van der Waals surface area (Å²) >= 11 is 0. The Balaban J connectivity index is 2.01. The summed E-state index contributed by atoms with van der Waals surface area (Å²) in [6.07, 6.45) is 1.70. The van der Waals surface area contributed by atoms with Gasteiger partial charge in [0.2, 0.25) is 0 Å². The van der Waals surface area contributed by atoms with Crippen molar-refractivity contribution in [3.8, 4) is 0 Å². The standard InChI is InChI=1S/C17H23N5O2/c1-5-21-11(3)9-10(2)14(16(21)23)17(24)22-8-6-7-13(22)15-18-12(4)19-20-15/h9,13H,5-8H2,1-4H3,(H,18,19,20)/t13-/m1/s1. The van der Waals surface area contributed by atoms with Gasteiger partial charge in [-0.05, 0) is 52.2 Å². The van der Waals surface area contributed by atoms with E-state index in [2.05, 4.69) is 15.2 Å². The molecule has 0 bridgehead atoms. The molecule has 1 aliphatic heterocycles. The van der Waals surface area contributed by atoms with E-state index in [0.29, 0.717) is 18.9 Å². The minimum absolute atomic E-state index is 0.169. The van der Waals surface area contributed by atoms with Crippen LogP contribution in [0.1, 0.15) is 59.1 Å². The molecule has 1 amide bonds. The van der Waals surface area contributed by atoms with Crippen LogP contribution in [-0.4, -0.2) is 37.1 Å². The SMILES string of the molecule is CCn1c(C)cc(C)c(C(=O)N2CCC[C@@H]2c2n[nH]c(C)n2)c1=O. The van der Waals surface area contributed by atoms with Crippen molar-refractivity contribution in [1.29, 1.82) is 0 Å². The smallest absolute Gasteiger partial charge is 0.263 e. The Morgan fingerprint density at radius 2 is 2.12 bits per heavy atom. The number of nitrogens with zero attached hydrogens (tertiary/aromatic N) is 4. The van der Waals surface area contributed by atoms with Gasteiger partial charge in [0.25, 0.3) is 11.5 Å². The number of hydrogen-bond donors (Lipinski definition) is 1. The first-order valence-corrected chi connectivity index (χ1v) is 8.35. The Morgan fingerprint density at radius 3 is 2.75 bits per heavy atom. The van der Waals surface area contributed by atoms with E-state index in [4.69, 9.17) is 0 Å². The van der Waals surface area contributed by atoms with Crippen LogP contribution in [0.3, 0.4) is 0 Å². The van der Waals surface area contributed by atoms with Crippen molar-refractivity contribution in [3.05, 3.63) is 44.9 Å². The van der Waals surface area contributed by atoms with Crippen molar-refractivity contribution in [2.45, 2.75) is 53.1 Å². The highest BCUT2D eigenvalue weighted by Crippen LogP contribution is 2.31. The number of rotatable bonds is 3. The van der Waals surface area contributed by atoms with Gasteiger partial charge in [-0.25, -0.2) is 4.98 Å². The molecule has 1 atom stereocenters. The van der Waals surface area contributed by atoms with Crippen LogP contribution in [-0.2, 0) is 6.54 Å². The van der Waals surface area contributed by atoms with Gasteiger partial charge in [0.15, 0.2) is 5.82 Å². The van der Waals surface area contributed by atoms with Crippen LogP contribution in [0.2, 0.25) is 0 Å². The van der Waals surface area contributed by atoms with Gasteiger partial charge in [-0.15, -0.1) is 0 Å². The summed E-state index contributed by atoms with van der Waals surface area (Å²) in [5, 5.41) is 7.03. The molecule has 0 spiro atoms. The summed E-state index contributed by atoms with van der Waals surface area (Å²) in [6, 6.07) is 1.73. The number of likely N-dealkylation sites (tertiary alicyclic amines) is 1. The molecule has 0 saturated carbocycles. The summed E-state index contributed by atoms with van der Waals surface area (Å²) in [6.45, 7) is 8.63. The molecule has 3 heterocycles. The maximum atomic E-state index is 13.1. The van der Waals surface area contributed by atoms with Crippen LogP contribution in [0.15, 0.2) is 10.9 Å². The van der Waals surface area contributed by atoms with Crippen LogP contribution in [0.5, 0.6) is 0 Å². The third kappa shape index (κ3) is 2.64. The van der Waals surface area contributed by atoms with Gasteiger partial charge in [-0.3, -0.25) is 14.7 Å². The highest BCUT2D eigenvalue weighted by Gasteiger charge is 2.35. The van der Waals surface area contributed by atoms with E-state index in [9.17, 15) is 9.59 Å². The predicted molar refractivity (Wildman–Crippen MR) is 90.0 cm³/mol. The molecule has 1 N–H and O–H groups in total. The first kappa shape index (κ1) is 16.4. The summed E-state index contributed by atoms with van der Waals surface area (Å²) in [5.41, 5.74) is 1.65. The molecule has 1 aliphatic rings. The average molecular weight is 329 g/mol. The van der Waals surface area contributed by atoms with Gasteiger partial charge < -0.3 is 9.47 Å². The minimum atomic E-state index is -0.218. The Morgan fingerprint density at radius 1 is 1.38 bits per heavy atom. The molecule has 2 aromatic rings. The quantitative estimate of drug-likeness (QED) is 0.932. The number of nitrogens with one attached hydrogen (secondary N) is 1. The first-order chi connectivity index (χ1) is 11.4. The van der Waals surface area contributed by atoms with Crippen LogP contribution >= 0.6 is 0 Å². The lowest BCUT2D eigenvalue weighted by molar-refractivity contribution is 0.0726. The number of aromatic amines is 1. The molecule has 0 aromatic carbocycles. The zero-order valence-electron chi connectivity index (χ0n) is 14.6. The zero-order valence-corrected chi connectivity index (χ0v) is 14.6. The number of aryl methyl sites for hydroxylation is 3. The highest BCUT2D eigenvalue weighted by molar-refractivity contribution is 5.95. The summed E-state index contributed by atoms with van der Waals surface area (Å²) < 4.78 is 1.64. The Kier molecular flexibility index (Phi) is 4.26. The Bertz CT molecular complexity index is 836. The number of carbonyl (C=O) groups excluding carboxylic acids is 1. The lowest BCUT2D eigenvalue weighted by atomic mass is 10.1. The van der Waals surface area contributed by atoms with Gasteiger partial charge in [-0.2, -0.15) is 5.10 Å². The molecule has 7 nitrogen and oxygen atoms in total. The molecule has 3 rings (SSSR count). The molecule has 0 aliphatic carbocycles. The van der Waals surface area contributed by atoms with Crippen molar-refractivity contribution >= 4 is 5.91 Å². The molecule has 1 fully saturated rings. The second-order valence-electron chi connectivity index (χ2n) is 6.33. The van der Waals surface area contributed by atoms with E-state index in [1.54, 1.807) is 9.47 Å². The molecular formula is C17H23N5O2. The summed E-state index contributed by atoms with van der Waals surface area (Å²) in [7, 11) is 0. The van der Waals surface area contributed by atoms with Crippen LogP contribution in [0.25, 0.3) is 0 Å². The van der Waals surface area contributed by atoms with Gasteiger partial charge in [-0.1, -0.05) is 0 Å². The second kappa shape index (κ2) is 6.22. The number of aromatic nitrogens is 4. The van der Waals surface area contributed by atoms with E-state index >= 15 is 0 Å². The molecule has 0 unspecified atom stereocenters. The Hall–Kier alpha value is -2.44. The third-order valence-electron chi connectivity index (χ3n) is 4.66. The lowest BCUT2D eigenvalue weighted by Crippen LogP contribution is -2.38. The zero-order chi connectivity index (χ0) is 17.4. The molecular weight excluding hydrogens is 306 g/mol. The van der Waals surface area contributed by atoms with Gasteiger partial charge in [0.1, 0.15) is 11.4 Å². The summed E-state index contributed by atoms with van der Waals surface area (Å²) in [5.74, 6) is 1.13. The largest absolute Gasteiger partial charge is 0.328 e. The fourth-order valence-corrected chi connectivity index (χ4v) is 3.51. The van der Waals surface area contributed by atoms with Crippen LogP contribution in [0.4, 0.5) is 0 Å². The van der Waals surface area contributed by atoms with E-state index < -0.39 is 0 Å². The maximum absolute atomic E-state index is 13.1. The maximum Gasteiger partial charge on any atom is 0.263 e. The summed E-state index contributed by atoms with van der Waals surface area (Å²) in [4.78, 5) is 32.0. The fourth-order valence-electron chi connectivity index (χ4n) is 3.51. The normalized spacial score (nSPS) is 17.5. The molecule has 2 aromatic heterocycles. The van der Waals surface area contributed by atoms with Gasteiger partial charge in [0.05, 0.1) is 6.04 Å². The number of H-pyrrole nitrogens is 1. The average Bonchev–Trinajstić information content (AvgIpc) is 3.15. The fraction of sp³-hybridized carbons (Fsp3) is 0.529. The lowest BCUT2D eigenvalue weighted by Gasteiger charge is -2.23. The predicted octanol–water partition coefficient (Wildman–Crippen LogP) is 1.89. The first-order valence-electron chi connectivity index (χ1n) is 8.35. The van der Waals surface area contributed by atoms with Crippen molar-refractivity contribution < 1.29 is 4.79 Å². The van der Waals surface area contributed by atoms with Crippen molar-refractivity contribution in [2.24, 2.45) is 0 Å². The molecule has 7 heteroatoms. The molecule has 24 heavy (non-hydrogen) atoms. The highest BCUT2D eigenvalue weighted by atomic mass is 16.2. The third-order valence-corrected chi connectivity index (χ3v) is 4.66. The van der Waals surface area contributed by atoms with E-state index in [1.165, 1.54) is 0 Å². The second-order valence-corrected chi connectivity index (χ2v) is 6.33. The van der Waals surface area contributed by atoms with Crippen LogP contribution in [0, 0.1) is 20.8 Å². The molecule has 1 saturated heterocycles. The van der Waals surface area contributed by atoms with Gasteiger partial charge in [0, 0.05) is 18.8 Å². The van der Waals surface area contributed by atoms with Crippen molar-refractivity contribution in [1.82, 2.24) is 24.6 Å². The number of hydrogen-bond acceptors (Lipinski definition) is 4. The number of pyridine rings is 1.